The van der Waals surface area contributed by atoms with Crippen LogP contribution in [0, 0.1) is 0 Å². The van der Waals surface area contributed by atoms with Gasteiger partial charge in [-0.1, -0.05) is 18.2 Å². The quantitative estimate of drug-likeness (QED) is 0.367. The Morgan fingerprint density at radius 1 is 1.36 bits per heavy atom. The molecule has 0 amide bonds. The van der Waals surface area contributed by atoms with Crippen molar-refractivity contribution >= 4 is 11.6 Å². The Kier molecular flexibility index (Phi) is 8.42. The van der Waals surface area contributed by atoms with E-state index in [1.165, 1.54) is 17.7 Å². The fourth-order valence-corrected chi connectivity index (χ4v) is 3.86. The van der Waals surface area contributed by atoms with Crippen molar-refractivity contribution in [2.45, 2.75) is 51.7 Å². The van der Waals surface area contributed by atoms with Crippen LogP contribution in [-0.2, 0) is 15.9 Å². The summed E-state index contributed by atoms with van der Waals surface area (Å²) in [5.41, 5.74) is 2.82. The molecule has 1 aromatic rings. The number of rotatable bonds is 10. The number of ether oxygens (including phenoxy) is 2. The lowest BCUT2D eigenvalue weighted by Crippen LogP contribution is -2.40. The third-order valence-corrected chi connectivity index (χ3v) is 5.40. The summed E-state index contributed by atoms with van der Waals surface area (Å²) in [6.45, 7) is 10.3. The van der Waals surface area contributed by atoms with Crippen LogP contribution < -0.4 is 15.5 Å². The number of hydrogen-bond acceptors (Lipinski definition) is 4. The Bertz CT molecular complexity index is 616. The molecular weight excluding hydrogens is 352 g/mol. The van der Waals surface area contributed by atoms with Crippen molar-refractivity contribution in [2.24, 2.45) is 4.99 Å². The fourth-order valence-electron chi connectivity index (χ4n) is 3.86. The Morgan fingerprint density at radius 2 is 2.25 bits per heavy atom. The van der Waals surface area contributed by atoms with Crippen molar-refractivity contribution in [1.29, 1.82) is 0 Å². The molecule has 156 valence electrons. The van der Waals surface area contributed by atoms with Gasteiger partial charge in [-0.25, -0.2) is 0 Å². The SMILES string of the molecule is CCNC(=NCC(C)N1CCc2ccccc21)NCCCOCC1CCCO1. The van der Waals surface area contributed by atoms with Crippen LogP contribution in [0.4, 0.5) is 5.69 Å². The lowest BCUT2D eigenvalue weighted by atomic mass is 10.2. The normalized spacial score (nSPS) is 20.3. The third-order valence-electron chi connectivity index (χ3n) is 5.40. The second-order valence-corrected chi connectivity index (χ2v) is 7.63. The summed E-state index contributed by atoms with van der Waals surface area (Å²) in [6.07, 6.45) is 4.71. The molecule has 0 saturated carbocycles. The van der Waals surface area contributed by atoms with Crippen molar-refractivity contribution in [3.63, 3.8) is 0 Å². The molecule has 0 aliphatic carbocycles. The smallest absolute Gasteiger partial charge is 0.191 e. The molecule has 2 aliphatic rings. The first-order chi connectivity index (χ1) is 13.8. The van der Waals surface area contributed by atoms with Crippen LogP contribution in [0.1, 0.15) is 38.7 Å². The van der Waals surface area contributed by atoms with E-state index in [9.17, 15) is 0 Å². The van der Waals surface area contributed by atoms with Gasteiger partial charge >= 0.3 is 0 Å². The first-order valence-electron chi connectivity index (χ1n) is 10.8. The van der Waals surface area contributed by atoms with Crippen LogP contribution in [-0.4, -0.2) is 64.1 Å². The van der Waals surface area contributed by atoms with Crippen LogP contribution in [0.3, 0.4) is 0 Å². The number of guanidine groups is 1. The number of fused-ring (bicyclic) bond motifs is 1. The molecule has 2 N–H and O–H groups in total. The zero-order valence-corrected chi connectivity index (χ0v) is 17.5. The van der Waals surface area contributed by atoms with Gasteiger partial charge in [0.25, 0.3) is 0 Å². The average Bonchev–Trinajstić information content (AvgIpc) is 3.38. The second kappa shape index (κ2) is 11.3. The largest absolute Gasteiger partial charge is 0.379 e. The number of benzene rings is 1. The molecule has 0 radical (unpaired) electrons. The van der Waals surface area contributed by atoms with Gasteiger partial charge in [-0.15, -0.1) is 0 Å². The van der Waals surface area contributed by atoms with Gasteiger partial charge in [0.15, 0.2) is 5.96 Å². The highest BCUT2D eigenvalue weighted by Crippen LogP contribution is 2.29. The van der Waals surface area contributed by atoms with Gasteiger partial charge in [-0.2, -0.15) is 0 Å². The van der Waals surface area contributed by atoms with Crippen molar-refractivity contribution in [3.8, 4) is 0 Å². The van der Waals surface area contributed by atoms with Gasteiger partial charge in [-0.05, 0) is 51.2 Å². The maximum absolute atomic E-state index is 5.73. The first-order valence-corrected chi connectivity index (χ1v) is 10.8. The number of aliphatic imine (C=N–C) groups is 1. The lowest BCUT2D eigenvalue weighted by Gasteiger charge is -2.26. The minimum absolute atomic E-state index is 0.309. The van der Waals surface area contributed by atoms with E-state index in [4.69, 9.17) is 14.5 Å². The van der Waals surface area contributed by atoms with E-state index in [0.717, 1.165) is 71.2 Å². The lowest BCUT2D eigenvalue weighted by molar-refractivity contribution is 0.0168. The van der Waals surface area contributed by atoms with E-state index >= 15 is 0 Å². The average molecular weight is 389 g/mol. The molecule has 2 heterocycles. The molecule has 6 heteroatoms. The predicted octanol–water partition coefficient (Wildman–Crippen LogP) is 2.58. The summed E-state index contributed by atoms with van der Waals surface area (Å²) in [5.74, 6) is 0.890. The molecule has 28 heavy (non-hydrogen) atoms. The Morgan fingerprint density at radius 3 is 3.07 bits per heavy atom. The van der Waals surface area contributed by atoms with Crippen molar-refractivity contribution in [3.05, 3.63) is 29.8 Å². The molecule has 1 saturated heterocycles. The predicted molar refractivity (Wildman–Crippen MR) is 115 cm³/mol. The van der Waals surface area contributed by atoms with Crippen LogP contribution in [0.2, 0.25) is 0 Å². The molecule has 1 aromatic carbocycles. The maximum Gasteiger partial charge on any atom is 0.191 e. The molecule has 0 spiro atoms. The number of nitrogens with zero attached hydrogens (tertiary/aromatic N) is 2. The van der Waals surface area contributed by atoms with Gasteiger partial charge in [0, 0.05) is 44.6 Å². The van der Waals surface area contributed by atoms with E-state index in [1.54, 1.807) is 0 Å². The molecule has 6 nitrogen and oxygen atoms in total. The minimum Gasteiger partial charge on any atom is -0.379 e. The van der Waals surface area contributed by atoms with Gasteiger partial charge in [0.2, 0.25) is 0 Å². The molecule has 0 bridgehead atoms. The van der Waals surface area contributed by atoms with Crippen LogP contribution >= 0.6 is 0 Å². The summed E-state index contributed by atoms with van der Waals surface area (Å²) >= 11 is 0. The molecule has 1 fully saturated rings. The second-order valence-electron chi connectivity index (χ2n) is 7.63. The topological polar surface area (TPSA) is 58.1 Å². The monoisotopic (exact) mass is 388 g/mol. The number of nitrogens with one attached hydrogen (secondary N) is 2. The Hall–Kier alpha value is -1.79. The van der Waals surface area contributed by atoms with Crippen LogP contribution in [0.15, 0.2) is 29.3 Å². The fraction of sp³-hybridized carbons (Fsp3) is 0.682. The van der Waals surface area contributed by atoms with Crippen molar-refractivity contribution < 1.29 is 9.47 Å². The van der Waals surface area contributed by atoms with Gasteiger partial charge < -0.3 is 25.0 Å². The molecule has 0 aromatic heterocycles. The molecule has 2 unspecified atom stereocenters. The van der Waals surface area contributed by atoms with Crippen molar-refractivity contribution in [2.75, 3.05) is 50.9 Å². The Labute approximate surface area is 169 Å². The highest BCUT2D eigenvalue weighted by molar-refractivity contribution is 5.79. The first kappa shape index (κ1) is 20.9. The zero-order valence-electron chi connectivity index (χ0n) is 17.5. The maximum atomic E-state index is 5.73. The van der Waals surface area contributed by atoms with Crippen LogP contribution in [0.25, 0.3) is 0 Å². The molecule has 3 rings (SSSR count). The number of para-hydroxylation sites is 1. The van der Waals surface area contributed by atoms with Gasteiger partial charge in [-0.3, -0.25) is 4.99 Å². The Balaban J connectivity index is 1.37. The van der Waals surface area contributed by atoms with E-state index in [1.807, 2.05) is 0 Å². The number of anilines is 1. The van der Waals surface area contributed by atoms with E-state index < -0.39 is 0 Å². The standard InChI is InChI=1S/C22H36N4O2/c1-3-23-22(24-12-7-14-27-17-20-9-6-15-28-20)25-16-18(2)26-13-11-19-8-4-5-10-21(19)26/h4-5,8,10,18,20H,3,6-7,9,11-17H2,1-2H3,(H2,23,24,25). The van der Waals surface area contributed by atoms with Gasteiger partial charge in [0.05, 0.1) is 19.3 Å². The molecule has 2 atom stereocenters. The zero-order chi connectivity index (χ0) is 19.6. The van der Waals surface area contributed by atoms with E-state index in [-0.39, 0.29) is 0 Å². The van der Waals surface area contributed by atoms with Crippen molar-refractivity contribution in [1.82, 2.24) is 10.6 Å². The summed E-state index contributed by atoms with van der Waals surface area (Å²) < 4.78 is 11.3. The highest BCUT2D eigenvalue weighted by Gasteiger charge is 2.22. The summed E-state index contributed by atoms with van der Waals surface area (Å²) in [7, 11) is 0. The third kappa shape index (κ3) is 6.11. The van der Waals surface area contributed by atoms with Gasteiger partial charge in [0.1, 0.15) is 0 Å². The van der Waals surface area contributed by atoms with Crippen LogP contribution in [0.5, 0.6) is 0 Å². The van der Waals surface area contributed by atoms with E-state index in [0.29, 0.717) is 12.1 Å². The summed E-state index contributed by atoms with van der Waals surface area (Å²) in [4.78, 5) is 7.28. The molecular formula is C22H36N4O2. The highest BCUT2D eigenvalue weighted by atomic mass is 16.5. The van der Waals surface area contributed by atoms with E-state index in [2.05, 4.69) is 53.6 Å². The number of hydrogen-bond donors (Lipinski definition) is 2. The molecule has 2 aliphatic heterocycles. The summed E-state index contributed by atoms with van der Waals surface area (Å²) in [5, 5.41) is 6.77. The summed E-state index contributed by atoms with van der Waals surface area (Å²) in [6, 6.07) is 9.09. The minimum atomic E-state index is 0.309.